The van der Waals surface area contributed by atoms with Crippen LogP contribution < -0.4 is 19.3 Å². The summed E-state index contributed by atoms with van der Waals surface area (Å²) in [6.07, 6.45) is 3.51. The summed E-state index contributed by atoms with van der Waals surface area (Å²) in [6, 6.07) is 16.2. The fourth-order valence-corrected chi connectivity index (χ4v) is 4.14. The molecule has 0 aliphatic carbocycles. The number of hydrogen-bond donors (Lipinski definition) is 0. The minimum absolute atomic E-state index is 0.646. The molecule has 8 heteroatoms. The molecule has 1 saturated heterocycles. The standard InChI is InChI=1S/C24H26N6O2/c1-31-20-8-6-18(7-9-20)16-30-24-22(15-27-30)23(25-17-26-24)29-12-10-28(11-13-29)19-4-3-5-21(14-19)32-2/h3-9,14-15,17H,10-13,16H2,1-2H3. The smallest absolute Gasteiger partial charge is 0.163 e. The average Bonchev–Trinajstić information content (AvgIpc) is 3.27. The van der Waals surface area contributed by atoms with Crippen LogP contribution in [0.25, 0.3) is 11.0 Å². The third-order valence-electron chi connectivity index (χ3n) is 5.90. The van der Waals surface area contributed by atoms with Crippen molar-refractivity contribution < 1.29 is 9.47 Å². The Morgan fingerprint density at radius 1 is 0.844 bits per heavy atom. The largest absolute Gasteiger partial charge is 0.497 e. The van der Waals surface area contributed by atoms with E-state index >= 15 is 0 Å². The predicted octanol–water partition coefficient (Wildman–Crippen LogP) is 3.22. The molecule has 1 aliphatic rings. The highest BCUT2D eigenvalue weighted by molar-refractivity contribution is 5.86. The number of piperazine rings is 1. The molecular formula is C24H26N6O2. The third-order valence-corrected chi connectivity index (χ3v) is 5.90. The lowest BCUT2D eigenvalue weighted by molar-refractivity contribution is 0.414. The highest BCUT2D eigenvalue weighted by Crippen LogP contribution is 2.27. The van der Waals surface area contributed by atoms with Gasteiger partial charge in [-0.25, -0.2) is 14.6 Å². The molecular weight excluding hydrogens is 404 g/mol. The van der Waals surface area contributed by atoms with Crippen LogP contribution in [0.5, 0.6) is 11.5 Å². The van der Waals surface area contributed by atoms with Gasteiger partial charge in [0.15, 0.2) is 5.65 Å². The normalized spacial score (nSPS) is 14.1. The van der Waals surface area contributed by atoms with E-state index in [2.05, 4.69) is 37.0 Å². The number of hydrogen-bond acceptors (Lipinski definition) is 7. The molecule has 5 rings (SSSR count). The van der Waals surface area contributed by atoms with Crippen molar-refractivity contribution in [1.29, 1.82) is 0 Å². The van der Waals surface area contributed by atoms with E-state index in [1.165, 1.54) is 5.69 Å². The lowest BCUT2D eigenvalue weighted by atomic mass is 10.2. The molecule has 1 fully saturated rings. The Hall–Kier alpha value is -3.81. The first kappa shape index (κ1) is 20.1. The minimum Gasteiger partial charge on any atom is -0.497 e. The third kappa shape index (κ3) is 3.91. The fourth-order valence-electron chi connectivity index (χ4n) is 4.14. The molecule has 2 aromatic heterocycles. The molecule has 164 valence electrons. The maximum atomic E-state index is 5.37. The lowest BCUT2D eigenvalue weighted by Crippen LogP contribution is -2.46. The highest BCUT2D eigenvalue weighted by atomic mass is 16.5. The first-order chi connectivity index (χ1) is 15.7. The van der Waals surface area contributed by atoms with E-state index in [4.69, 9.17) is 9.47 Å². The van der Waals surface area contributed by atoms with Crippen LogP contribution in [-0.2, 0) is 6.54 Å². The first-order valence-corrected chi connectivity index (χ1v) is 10.7. The van der Waals surface area contributed by atoms with Crippen molar-refractivity contribution in [2.45, 2.75) is 6.54 Å². The van der Waals surface area contributed by atoms with E-state index in [0.29, 0.717) is 6.54 Å². The van der Waals surface area contributed by atoms with E-state index < -0.39 is 0 Å². The zero-order valence-electron chi connectivity index (χ0n) is 18.3. The number of anilines is 2. The molecule has 2 aromatic carbocycles. The number of benzene rings is 2. The maximum Gasteiger partial charge on any atom is 0.163 e. The molecule has 3 heterocycles. The molecule has 0 atom stereocenters. The number of fused-ring (bicyclic) bond motifs is 1. The Kier molecular flexibility index (Phi) is 5.49. The molecule has 32 heavy (non-hydrogen) atoms. The van der Waals surface area contributed by atoms with Crippen LogP contribution in [0.3, 0.4) is 0 Å². The average molecular weight is 431 g/mol. The molecule has 1 aliphatic heterocycles. The summed E-state index contributed by atoms with van der Waals surface area (Å²) in [4.78, 5) is 13.8. The van der Waals surface area contributed by atoms with E-state index in [1.807, 2.05) is 47.3 Å². The van der Waals surface area contributed by atoms with Crippen molar-refractivity contribution in [2.24, 2.45) is 0 Å². The van der Waals surface area contributed by atoms with Crippen LogP contribution in [0, 0.1) is 0 Å². The van der Waals surface area contributed by atoms with Crippen LogP contribution in [0.2, 0.25) is 0 Å². The van der Waals surface area contributed by atoms with Crippen LogP contribution in [-0.4, -0.2) is 60.1 Å². The van der Waals surface area contributed by atoms with Crippen LogP contribution in [0.4, 0.5) is 11.5 Å². The van der Waals surface area contributed by atoms with Gasteiger partial charge in [0.2, 0.25) is 0 Å². The van der Waals surface area contributed by atoms with E-state index in [0.717, 1.165) is 60.1 Å². The number of aromatic nitrogens is 4. The summed E-state index contributed by atoms with van der Waals surface area (Å²) in [6.45, 7) is 4.24. The van der Waals surface area contributed by atoms with Gasteiger partial charge in [0, 0.05) is 37.9 Å². The van der Waals surface area contributed by atoms with Crippen molar-refractivity contribution in [3.63, 3.8) is 0 Å². The summed E-state index contributed by atoms with van der Waals surface area (Å²) >= 11 is 0. The van der Waals surface area contributed by atoms with Crippen molar-refractivity contribution in [1.82, 2.24) is 19.7 Å². The van der Waals surface area contributed by atoms with Crippen LogP contribution in [0.1, 0.15) is 5.56 Å². The quantitative estimate of drug-likeness (QED) is 0.465. The number of methoxy groups -OCH3 is 2. The SMILES string of the molecule is COc1ccc(Cn2ncc3c(N4CCN(c5cccc(OC)c5)CC4)ncnc32)cc1. The van der Waals surface area contributed by atoms with Gasteiger partial charge in [0.1, 0.15) is 23.6 Å². The zero-order chi connectivity index (χ0) is 21.9. The Labute approximate surface area is 187 Å². The van der Waals surface area contributed by atoms with Gasteiger partial charge >= 0.3 is 0 Å². The van der Waals surface area contributed by atoms with E-state index in [9.17, 15) is 0 Å². The monoisotopic (exact) mass is 430 g/mol. The molecule has 0 unspecified atom stereocenters. The molecule has 4 aromatic rings. The molecule has 0 N–H and O–H groups in total. The molecule has 0 saturated carbocycles. The summed E-state index contributed by atoms with van der Waals surface area (Å²) in [5, 5.41) is 5.58. The second-order valence-corrected chi connectivity index (χ2v) is 7.76. The summed E-state index contributed by atoms with van der Waals surface area (Å²) in [7, 11) is 3.37. The number of ether oxygens (including phenoxy) is 2. The molecule has 0 radical (unpaired) electrons. The first-order valence-electron chi connectivity index (χ1n) is 10.7. The Morgan fingerprint density at radius 2 is 1.59 bits per heavy atom. The maximum absolute atomic E-state index is 5.37. The minimum atomic E-state index is 0.646. The predicted molar refractivity (Wildman–Crippen MR) is 125 cm³/mol. The van der Waals surface area contributed by atoms with Gasteiger partial charge in [-0.15, -0.1) is 0 Å². The fraction of sp³-hybridized carbons (Fsp3) is 0.292. The van der Waals surface area contributed by atoms with Gasteiger partial charge in [0.05, 0.1) is 32.3 Å². The molecule has 8 nitrogen and oxygen atoms in total. The van der Waals surface area contributed by atoms with Gasteiger partial charge in [-0.05, 0) is 29.8 Å². The van der Waals surface area contributed by atoms with Gasteiger partial charge in [0.25, 0.3) is 0 Å². The van der Waals surface area contributed by atoms with Crippen molar-refractivity contribution in [3.05, 3.63) is 66.6 Å². The number of rotatable bonds is 6. The number of nitrogens with zero attached hydrogens (tertiary/aromatic N) is 6. The highest BCUT2D eigenvalue weighted by Gasteiger charge is 2.22. The second-order valence-electron chi connectivity index (χ2n) is 7.76. The van der Waals surface area contributed by atoms with Crippen LogP contribution in [0.15, 0.2) is 61.1 Å². The lowest BCUT2D eigenvalue weighted by Gasteiger charge is -2.36. The molecule has 0 bridgehead atoms. The summed E-state index contributed by atoms with van der Waals surface area (Å²) in [5.74, 6) is 2.67. The Morgan fingerprint density at radius 3 is 2.34 bits per heavy atom. The summed E-state index contributed by atoms with van der Waals surface area (Å²) < 4.78 is 12.5. The zero-order valence-corrected chi connectivity index (χ0v) is 18.3. The van der Waals surface area contributed by atoms with Crippen molar-refractivity contribution >= 4 is 22.5 Å². The van der Waals surface area contributed by atoms with E-state index in [-0.39, 0.29) is 0 Å². The van der Waals surface area contributed by atoms with Gasteiger partial charge in [-0.1, -0.05) is 18.2 Å². The Balaban J connectivity index is 1.33. The second kappa shape index (κ2) is 8.74. The Bertz CT molecular complexity index is 1200. The van der Waals surface area contributed by atoms with Crippen LogP contribution >= 0.6 is 0 Å². The van der Waals surface area contributed by atoms with Gasteiger partial charge in [-0.3, -0.25) is 0 Å². The molecule has 0 spiro atoms. The van der Waals surface area contributed by atoms with Gasteiger partial charge < -0.3 is 19.3 Å². The van der Waals surface area contributed by atoms with Gasteiger partial charge in [-0.2, -0.15) is 5.10 Å². The topological polar surface area (TPSA) is 68.5 Å². The van der Waals surface area contributed by atoms with E-state index in [1.54, 1.807) is 20.5 Å². The van der Waals surface area contributed by atoms with Crippen molar-refractivity contribution in [3.8, 4) is 11.5 Å². The molecule has 0 amide bonds. The summed E-state index contributed by atoms with van der Waals surface area (Å²) in [5.41, 5.74) is 3.17. The van der Waals surface area contributed by atoms with Crippen molar-refractivity contribution in [2.75, 3.05) is 50.2 Å².